The van der Waals surface area contributed by atoms with Crippen molar-refractivity contribution in [2.45, 2.75) is 80.1 Å². The summed E-state index contributed by atoms with van der Waals surface area (Å²) in [6, 6.07) is 0. The zero-order valence-electron chi connectivity index (χ0n) is 13.6. The molecule has 1 aliphatic heterocycles. The van der Waals surface area contributed by atoms with Crippen LogP contribution >= 0.6 is 0 Å². The third-order valence-corrected chi connectivity index (χ3v) is 3.08. The molecule has 0 aromatic carbocycles. The highest BCUT2D eigenvalue weighted by Gasteiger charge is 2.22. The predicted octanol–water partition coefficient (Wildman–Crippen LogP) is 4.88. The number of nitrogens with zero attached hydrogens (tertiary/aromatic N) is 1. The predicted molar refractivity (Wildman–Crippen MR) is 81.8 cm³/mol. The van der Waals surface area contributed by atoms with Crippen LogP contribution in [0.1, 0.15) is 80.1 Å². The number of hydrogen-bond acceptors (Lipinski definition) is 1. The Morgan fingerprint density at radius 1 is 1.06 bits per heavy atom. The lowest BCUT2D eigenvalue weighted by molar-refractivity contribution is -0.134. The molecule has 1 unspecified atom stereocenters. The maximum absolute atomic E-state index is 11.9. The molecule has 0 radical (unpaired) electrons. The van der Waals surface area contributed by atoms with Crippen LogP contribution in [-0.4, -0.2) is 23.9 Å². The first-order valence-corrected chi connectivity index (χ1v) is 8.04. The summed E-state index contributed by atoms with van der Waals surface area (Å²) in [5, 5.41) is 0. The molecule has 1 heterocycles. The van der Waals surface area contributed by atoms with Gasteiger partial charge in [0.1, 0.15) is 0 Å². The normalized spacial score (nSPS) is 15.1. The molecule has 1 aliphatic rings. The van der Waals surface area contributed by atoms with Crippen molar-refractivity contribution in [1.29, 1.82) is 0 Å². The van der Waals surface area contributed by atoms with Gasteiger partial charge in [-0.1, -0.05) is 60.8 Å². The number of rotatable bonds is 5. The lowest BCUT2D eigenvalue weighted by Crippen LogP contribution is -2.32. The van der Waals surface area contributed by atoms with Crippen LogP contribution in [-0.2, 0) is 4.79 Å². The molecule has 0 saturated carbocycles. The molecule has 2 nitrogen and oxygen atoms in total. The van der Waals surface area contributed by atoms with Crippen molar-refractivity contribution in [3.63, 3.8) is 0 Å². The van der Waals surface area contributed by atoms with Gasteiger partial charge in [0.15, 0.2) is 0 Å². The molecule has 0 bridgehead atoms. The minimum Gasteiger partial charge on any atom is -0.342 e. The zero-order chi connectivity index (χ0) is 14.4. The van der Waals surface area contributed by atoms with E-state index in [9.17, 15) is 4.79 Å². The van der Waals surface area contributed by atoms with Gasteiger partial charge >= 0.3 is 0 Å². The largest absolute Gasteiger partial charge is 0.342 e. The average Bonchev–Trinajstić information content (AvgIpc) is 2.96. The number of carbonyl (C=O) groups is 1. The first-order valence-electron chi connectivity index (χ1n) is 8.04. The highest BCUT2D eigenvalue weighted by atomic mass is 16.2. The lowest BCUT2D eigenvalue weighted by atomic mass is 10.0. The first-order chi connectivity index (χ1) is 8.75. The molecular weight excluding hydrogens is 222 g/mol. The van der Waals surface area contributed by atoms with Crippen molar-refractivity contribution in [3.05, 3.63) is 0 Å². The Balaban J connectivity index is 0. The van der Waals surface area contributed by atoms with Crippen molar-refractivity contribution in [1.82, 2.24) is 4.90 Å². The van der Waals surface area contributed by atoms with Crippen LogP contribution in [0.15, 0.2) is 0 Å². The Morgan fingerprint density at radius 2 is 1.56 bits per heavy atom. The van der Waals surface area contributed by atoms with Crippen LogP contribution in [0.4, 0.5) is 0 Å². The second-order valence-corrected chi connectivity index (χ2v) is 4.43. The molecule has 1 amide bonds. The molecule has 2 heteroatoms. The van der Waals surface area contributed by atoms with E-state index in [1.54, 1.807) is 0 Å². The number of carbonyl (C=O) groups excluding carboxylic acids is 1. The smallest absolute Gasteiger partial charge is 0.225 e. The summed E-state index contributed by atoms with van der Waals surface area (Å²) < 4.78 is 0. The van der Waals surface area contributed by atoms with E-state index in [4.69, 9.17) is 0 Å². The molecule has 0 spiro atoms. The van der Waals surface area contributed by atoms with Crippen LogP contribution in [0.2, 0.25) is 0 Å². The Kier molecular flexibility index (Phi) is 16.0. The Bertz CT molecular complexity index is 174. The molecule has 1 saturated heterocycles. The van der Waals surface area contributed by atoms with Gasteiger partial charge < -0.3 is 4.90 Å². The van der Waals surface area contributed by atoms with Gasteiger partial charge in [0.2, 0.25) is 5.91 Å². The summed E-state index contributed by atoms with van der Waals surface area (Å²) in [6.45, 7) is 14.3. The van der Waals surface area contributed by atoms with E-state index in [2.05, 4.69) is 13.8 Å². The van der Waals surface area contributed by atoms with Crippen molar-refractivity contribution >= 4 is 5.91 Å². The van der Waals surface area contributed by atoms with Crippen LogP contribution in [0.3, 0.4) is 0 Å². The van der Waals surface area contributed by atoms with E-state index in [1.165, 1.54) is 32.1 Å². The van der Waals surface area contributed by atoms with Crippen LogP contribution in [0, 0.1) is 5.92 Å². The Labute approximate surface area is 115 Å². The van der Waals surface area contributed by atoms with Gasteiger partial charge in [0.05, 0.1) is 0 Å². The molecule has 1 atom stereocenters. The number of hydrogen-bond donors (Lipinski definition) is 0. The summed E-state index contributed by atoms with van der Waals surface area (Å²) in [4.78, 5) is 13.9. The minimum atomic E-state index is 0.250. The van der Waals surface area contributed by atoms with Gasteiger partial charge in [-0.05, 0) is 19.3 Å². The summed E-state index contributed by atoms with van der Waals surface area (Å²) in [5.41, 5.74) is 0. The third-order valence-electron chi connectivity index (χ3n) is 3.08. The second-order valence-electron chi connectivity index (χ2n) is 4.43. The third kappa shape index (κ3) is 8.54. The Morgan fingerprint density at radius 3 is 2.00 bits per heavy atom. The zero-order valence-corrected chi connectivity index (χ0v) is 13.6. The van der Waals surface area contributed by atoms with E-state index in [-0.39, 0.29) is 5.92 Å². The summed E-state index contributed by atoms with van der Waals surface area (Å²) in [6.07, 6.45) is 7.18. The monoisotopic (exact) mass is 257 g/mol. The number of unbranched alkanes of at least 4 members (excludes halogenated alkanes) is 2. The van der Waals surface area contributed by atoms with Crippen molar-refractivity contribution in [3.8, 4) is 0 Å². The highest BCUT2D eigenvalue weighted by Crippen LogP contribution is 2.16. The summed E-state index contributed by atoms with van der Waals surface area (Å²) in [7, 11) is 0. The highest BCUT2D eigenvalue weighted by molar-refractivity contribution is 5.78. The lowest BCUT2D eigenvalue weighted by Gasteiger charge is -2.20. The van der Waals surface area contributed by atoms with E-state index >= 15 is 0 Å². The number of likely N-dealkylation sites (tertiary alicyclic amines) is 1. The first kappa shape index (κ1) is 19.8. The average molecular weight is 257 g/mol. The Hall–Kier alpha value is -0.530. The van der Waals surface area contributed by atoms with Crippen LogP contribution in [0.25, 0.3) is 0 Å². The topological polar surface area (TPSA) is 20.3 Å². The van der Waals surface area contributed by atoms with E-state index in [1.807, 2.05) is 32.6 Å². The fourth-order valence-electron chi connectivity index (χ4n) is 2.07. The van der Waals surface area contributed by atoms with E-state index in [0.29, 0.717) is 5.91 Å². The van der Waals surface area contributed by atoms with Gasteiger partial charge in [0.25, 0.3) is 0 Å². The van der Waals surface area contributed by atoms with Crippen molar-refractivity contribution in [2.24, 2.45) is 5.92 Å². The number of amides is 1. The standard InChI is InChI=1S/C12H23NO.2C2H6/c1-3-4-5-8-11(2)12(14)13-9-6-7-10-13;2*1-2/h11H,3-10H2,1-2H3;2*1-2H3. The van der Waals surface area contributed by atoms with Crippen molar-refractivity contribution < 1.29 is 4.79 Å². The maximum atomic E-state index is 11.9. The van der Waals surface area contributed by atoms with E-state index in [0.717, 1.165) is 19.5 Å². The molecule has 0 aliphatic carbocycles. The molecular formula is C16H35NO. The quantitative estimate of drug-likeness (QED) is 0.643. The van der Waals surface area contributed by atoms with Gasteiger partial charge in [-0.2, -0.15) is 0 Å². The van der Waals surface area contributed by atoms with Gasteiger partial charge in [0, 0.05) is 19.0 Å². The SMILES string of the molecule is CC.CC.CCCCCC(C)C(=O)N1CCCC1. The second kappa shape index (κ2) is 14.5. The van der Waals surface area contributed by atoms with Crippen molar-refractivity contribution in [2.75, 3.05) is 13.1 Å². The molecule has 0 aromatic heterocycles. The van der Waals surface area contributed by atoms with Gasteiger partial charge in [-0.3, -0.25) is 4.79 Å². The van der Waals surface area contributed by atoms with Crippen LogP contribution < -0.4 is 0 Å². The molecule has 0 N–H and O–H groups in total. The van der Waals surface area contributed by atoms with Gasteiger partial charge in [-0.15, -0.1) is 0 Å². The molecule has 18 heavy (non-hydrogen) atoms. The maximum Gasteiger partial charge on any atom is 0.225 e. The molecule has 1 rings (SSSR count). The summed E-state index contributed by atoms with van der Waals surface area (Å²) in [5.74, 6) is 0.637. The fourth-order valence-corrected chi connectivity index (χ4v) is 2.07. The molecule has 110 valence electrons. The van der Waals surface area contributed by atoms with E-state index < -0.39 is 0 Å². The minimum absolute atomic E-state index is 0.250. The summed E-state index contributed by atoms with van der Waals surface area (Å²) >= 11 is 0. The molecule has 0 aromatic rings. The van der Waals surface area contributed by atoms with Gasteiger partial charge in [-0.25, -0.2) is 0 Å². The fraction of sp³-hybridized carbons (Fsp3) is 0.938. The molecule has 1 fully saturated rings. The van der Waals surface area contributed by atoms with Crippen LogP contribution in [0.5, 0.6) is 0 Å².